The molecule has 1 N–H and O–H groups in total. The predicted molar refractivity (Wildman–Crippen MR) is 133 cm³/mol. The van der Waals surface area contributed by atoms with E-state index in [0.717, 1.165) is 39.1 Å². The molecule has 0 fully saturated rings. The molecule has 2 heterocycles. The topological polar surface area (TPSA) is 33.6 Å². The number of fused-ring (bicyclic) bond motifs is 8. The molecule has 0 aliphatic heterocycles. The fraction of sp³-hybridized carbons (Fsp3) is 0. The summed E-state index contributed by atoms with van der Waals surface area (Å²) in [6, 6.07) is 38.2. The van der Waals surface area contributed by atoms with Crippen molar-refractivity contribution in [2.75, 3.05) is 0 Å². The molecule has 0 unspecified atom stereocenters. The van der Waals surface area contributed by atoms with Gasteiger partial charge in [-0.1, -0.05) is 91.0 Å². The fourth-order valence-electron chi connectivity index (χ4n) is 4.96. The van der Waals surface area contributed by atoms with Crippen LogP contribution in [0.5, 0.6) is 0 Å². The number of hydrogen-bond donors (Lipinski definition) is 1. The SMILES string of the molecule is c1ccc(-c2nc3c4[nH]c5ccccc5c4c4ccccc4c3n2-c2ccccc2)cc1. The van der Waals surface area contributed by atoms with Crippen LogP contribution in [0.3, 0.4) is 0 Å². The largest absolute Gasteiger partial charge is 0.353 e. The summed E-state index contributed by atoms with van der Waals surface area (Å²) in [5.74, 6) is 0.947. The van der Waals surface area contributed by atoms with Crippen LogP contribution in [-0.4, -0.2) is 14.5 Å². The lowest BCUT2D eigenvalue weighted by Crippen LogP contribution is -1.97. The van der Waals surface area contributed by atoms with Gasteiger partial charge in [0.15, 0.2) is 0 Å². The minimum atomic E-state index is 0.947. The summed E-state index contributed by atoms with van der Waals surface area (Å²) in [6.07, 6.45) is 0. The van der Waals surface area contributed by atoms with E-state index < -0.39 is 0 Å². The number of aromatic nitrogens is 3. The Kier molecular flexibility index (Phi) is 3.55. The second kappa shape index (κ2) is 6.56. The first-order valence-electron chi connectivity index (χ1n) is 10.8. The van der Waals surface area contributed by atoms with Crippen LogP contribution < -0.4 is 0 Å². The molecule has 3 heteroatoms. The van der Waals surface area contributed by atoms with E-state index in [-0.39, 0.29) is 0 Å². The van der Waals surface area contributed by atoms with Gasteiger partial charge < -0.3 is 4.98 Å². The van der Waals surface area contributed by atoms with Crippen molar-refractivity contribution in [1.29, 1.82) is 0 Å². The van der Waals surface area contributed by atoms with E-state index in [9.17, 15) is 0 Å². The van der Waals surface area contributed by atoms with Crippen LogP contribution in [0.15, 0.2) is 109 Å². The van der Waals surface area contributed by atoms with Crippen LogP contribution in [-0.2, 0) is 0 Å². The van der Waals surface area contributed by atoms with E-state index in [2.05, 4.69) is 113 Å². The maximum Gasteiger partial charge on any atom is 0.145 e. The fourth-order valence-corrected chi connectivity index (χ4v) is 4.96. The Balaban J connectivity index is 1.78. The first-order valence-corrected chi connectivity index (χ1v) is 10.8. The molecule has 150 valence electrons. The summed E-state index contributed by atoms with van der Waals surface area (Å²) >= 11 is 0. The number of H-pyrrole nitrogens is 1. The van der Waals surface area contributed by atoms with Gasteiger partial charge in [0.2, 0.25) is 0 Å². The standard InChI is InChI=1S/C29H19N3/c1-3-11-19(12-4-1)29-31-27-26-25(23-17-9-10-18-24(23)30-26)21-15-7-8-16-22(21)28(27)32(29)20-13-5-2-6-14-20/h1-18,30H. The summed E-state index contributed by atoms with van der Waals surface area (Å²) in [4.78, 5) is 8.95. The van der Waals surface area contributed by atoms with Crippen molar-refractivity contribution in [3.05, 3.63) is 109 Å². The minimum Gasteiger partial charge on any atom is -0.353 e. The second-order valence-electron chi connectivity index (χ2n) is 8.14. The van der Waals surface area contributed by atoms with Gasteiger partial charge in [0.1, 0.15) is 11.3 Å². The number of benzene rings is 5. The molecule has 0 atom stereocenters. The molecule has 7 rings (SSSR count). The van der Waals surface area contributed by atoms with Crippen LogP contribution in [0.2, 0.25) is 0 Å². The molecule has 32 heavy (non-hydrogen) atoms. The molecule has 0 saturated carbocycles. The number of imidazole rings is 1. The van der Waals surface area contributed by atoms with Gasteiger partial charge in [-0.25, -0.2) is 4.98 Å². The first kappa shape index (κ1) is 17.3. The summed E-state index contributed by atoms with van der Waals surface area (Å²) in [6.45, 7) is 0. The van der Waals surface area contributed by atoms with E-state index in [0.29, 0.717) is 0 Å². The third-order valence-corrected chi connectivity index (χ3v) is 6.32. The molecule has 7 aromatic rings. The first-order chi connectivity index (χ1) is 15.9. The Morgan fingerprint density at radius 1 is 0.594 bits per heavy atom. The smallest absolute Gasteiger partial charge is 0.145 e. The summed E-state index contributed by atoms with van der Waals surface area (Å²) in [5, 5.41) is 4.92. The van der Waals surface area contributed by atoms with Crippen molar-refractivity contribution in [3.8, 4) is 17.1 Å². The highest BCUT2D eigenvalue weighted by Gasteiger charge is 2.21. The molecule has 0 spiro atoms. The molecule has 0 bridgehead atoms. The Labute approximate surface area is 184 Å². The number of para-hydroxylation sites is 2. The number of hydrogen-bond acceptors (Lipinski definition) is 1. The van der Waals surface area contributed by atoms with Gasteiger partial charge >= 0.3 is 0 Å². The van der Waals surface area contributed by atoms with Crippen LogP contribution >= 0.6 is 0 Å². The van der Waals surface area contributed by atoms with E-state index in [1.54, 1.807) is 0 Å². The summed E-state index contributed by atoms with van der Waals surface area (Å²) < 4.78 is 2.30. The molecule has 2 aromatic heterocycles. The highest BCUT2D eigenvalue weighted by atomic mass is 15.1. The molecular formula is C29H19N3. The third kappa shape index (κ3) is 2.33. The van der Waals surface area contributed by atoms with Crippen molar-refractivity contribution in [2.45, 2.75) is 0 Å². The average molecular weight is 409 g/mol. The molecule has 0 radical (unpaired) electrons. The highest BCUT2D eigenvalue weighted by Crippen LogP contribution is 2.41. The third-order valence-electron chi connectivity index (χ3n) is 6.32. The second-order valence-corrected chi connectivity index (χ2v) is 8.14. The zero-order valence-electron chi connectivity index (χ0n) is 17.3. The zero-order valence-corrected chi connectivity index (χ0v) is 17.3. The maximum atomic E-state index is 5.26. The van der Waals surface area contributed by atoms with Crippen LogP contribution in [0.1, 0.15) is 0 Å². The molecular weight excluding hydrogens is 390 g/mol. The van der Waals surface area contributed by atoms with E-state index in [1.807, 2.05) is 6.07 Å². The van der Waals surface area contributed by atoms with Gasteiger partial charge in [-0.15, -0.1) is 0 Å². The van der Waals surface area contributed by atoms with Gasteiger partial charge in [-0.05, 0) is 23.6 Å². The highest BCUT2D eigenvalue weighted by molar-refractivity contribution is 6.30. The van der Waals surface area contributed by atoms with Gasteiger partial charge in [0.05, 0.1) is 11.0 Å². The minimum absolute atomic E-state index is 0.947. The Morgan fingerprint density at radius 2 is 1.22 bits per heavy atom. The number of nitrogens with one attached hydrogen (secondary N) is 1. The lowest BCUT2D eigenvalue weighted by molar-refractivity contribution is 1.11. The predicted octanol–water partition coefficient (Wildman–Crippen LogP) is 7.48. The zero-order chi connectivity index (χ0) is 21.1. The van der Waals surface area contributed by atoms with Crippen LogP contribution in [0.4, 0.5) is 0 Å². The van der Waals surface area contributed by atoms with Crippen molar-refractivity contribution >= 4 is 43.6 Å². The van der Waals surface area contributed by atoms with Gasteiger partial charge in [-0.3, -0.25) is 4.57 Å². The quantitative estimate of drug-likeness (QED) is 0.315. The lowest BCUT2D eigenvalue weighted by Gasteiger charge is -2.11. The maximum absolute atomic E-state index is 5.26. The lowest BCUT2D eigenvalue weighted by atomic mass is 10.0. The molecule has 3 nitrogen and oxygen atoms in total. The molecule has 0 aliphatic carbocycles. The van der Waals surface area contributed by atoms with E-state index >= 15 is 0 Å². The Bertz CT molecular complexity index is 1760. The normalized spacial score (nSPS) is 11.8. The van der Waals surface area contributed by atoms with Crippen molar-refractivity contribution in [2.24, 2.45) is 0 Å². The van der Waals surface area contributed by atoms with Gasteiger partial charge in [0, 0.05) is 32.9 Å². The van der Waals surface area contributed by atoms with E-state index in [4.69, 9.17) is 4.98 Å². The van der Waals surface area contributed by atoms with Crippen molar-refractivity contribution < 1.29 is 0 Å². The monoisotopic (exact) mass is 409 g/mol. The number of rotatable bonds is 2. The van der Waals surface area contributed by atoms with Gasteiger partial charge in [0.25, 0.3) is 0 Å². The molecule has 0 amide bonds. The van der Waals surface area contributed by atoms with Crippen LogP contribution in [0.25, 0.3) is 60.7 Å². The average Bonchev–Trinajstić information content (AvgIpc) is 3.45. The Morgan fingerprint density at radius 3 is 2.00 bits per heavy atom. The van der Waals surface area contributed by atoms with Crippen molar-refractivity contribution in [3.63, 3.8) is 0 Å². The Hall–Kier alpha value is -4.37. The molecule has 0 saturated heterocycles. The molecule has 5 aromatic carbocycles. The van der Waals surface area contributed by atoms with Crippen LogP contribution in [0, 0.1) is 0 Å². The number of nitrogens with zero attached hydrogens (tertiary/aromatic N) is 2. The molecule has 0 aliphatic rings. The summed E-state index contributed by atoms with van der Waals surface area (Å²) in [5.41, 5.74) is 6.56. The summed E-state index contributed by atoms with van der Waals surface area (Å²) in [7, 11) is 0. The van der Waals surface area contributed by atoms with E-state index in [1.165, 1.54) is 21.5 Å². The van der Waals surface area contributed by atoms with Gasteiger partial charge in [-0.2, -0.15) is 0 Å². The number of aromatic amines is 1. The van der Waals surface area contributed by atoms with Crippen molar-refractivity contribution in [1.82, 2.24) is 14.5 Å².